The molecular weight excluding hydrogens is 270 g/mol. The number of nitrogens with zero attached hydrogens (tertiary/aromatic N) is 1. The zero-order valence-corrected chi connectivity index (χ0v) is 12.0. The number of thioether (sulfide) groups is 1. The molecular formula is C12H17NO5S. The monoisotopic (exact) mass is 287 g/mol. The van der Waals surface area contributed by atoms with Crippen LogP contribution in [0.1, 0.15) is 20.8 Å². The molecule has 1 aliphatic heterocycles. The maximum atomic E-state index is 11.7. The number of aliphatic hydroxyl groups is 1. The van der Waals surface area contributed by atoms with Crippen LogP contribution in [0.3, 0.4) is 0 Å². The molecule has 0 radical (unpaired) electrons. The van der Waals surface area contributed by atoms with Crippen molar-refractivity contribution in [2.24, 2.45) is 4.99 Å². The van der Waals surface area contributed by atoms with E-state index in [0.29, 0.717) is 10.8 Å². The average molecular weight is 287 g/mol. The summed E-state index contributed by atoms with van der Waals surface area (Å²) in [6.07, 6.45) is 0. The van der Waals surface area contributed by atoms with E-state index < -0.39 is 18.0 Å². The van der Waals surface area contributed by atoms with E-state index in [9.17, 15) is 14.7 Å². The molecule has 0 aliphatic carbocycles. The van der Waals surface area contributed by atoms with E-state index in [-0.39, 0.29) is 24.5 Å². The zero-order chi connectivity index (χ0) is 14.4. The van der Waals surface area contributed by atoms with E-state index in [1.807, 2.05) is 0 Å². The van der Waals surface area contributed by atoms with Crippen molar-refractivity contribution in [3.8, 4) is 0 Å². The molecule has 1 heterocycles. The molecule has 0 aromatic heterocycles. The average Bonchev–Trinajstić information content (AvgIpc) is 2.78. The Morgan fingerprint density at radius 2 is 2.00 bits per heavy atom. The molecule has 1 aliphatic rings. The Morgan fingerprint density at radius 3 is 2.53 bits per heavy atom. The van der Waals surface area contributed by atoms with Crippen molar-refractivity contribution in [2.75, 3.05) is 19.0 Å². The number of hydrogen-bond acceptors (Lipinski definition) is 7. The third kappa shape index (κ3) is 3.99. The van der Waals surface area contributed by atoms with Gasteiger partial charge >= 0.3 is 11.9 Å². The first-order valence-corrected chi connectivity index (χ1v) is 6.94. The van der Waals surface area contributed by atoms with Crippen LogP contribution in [0.5, 0.6) is 0 Å². The Labute approximate surface area is 115 Å². The predicted molar refractivity (Wildman–Crippen MR) is 72.3 cm³/mol. The Hall–Kier alpha value is -1.50. The summed E-state index contributed by atoms with van der Waals surface area (Å²) in [4.78, 5) is 27.4. The summed E-state index contributed by atoms with van der Waals surface area (Å²) in [6, 6.07) is -0.635. The first-order valence-electron chi connectivity index (χ1n) is 5.95. The number of carbonyl (C=O) groups excluding carboxylic acids is 2. The number of hydrogen-bond donors (Lipinski definition) is 1. The van der Waals surface area contributed by atoms with E-state index in [1.54, 1.807) is 13.8 Å². The lowest BCUT2D eigenvalue weighted by molar-refractivity contribution is -0.144. The molecule has 6 nitrogen and oxygen atoms in total. The van der Waals surface area contributed by atoms with Crippen molar-refractivity contribution in [2.45, 2.75) is 26.8 Å². The van der Waals surface area contributed by atoms with Gasteiger partial charge in [-0.2, -0.15) is 0 Å². The van der Waals surface area contributed by atoms with Gasteiger partial charge in [-0.25, -0.2) is 9.59 Å². The predicted octanol–water partition coefficient (Wildman–Crippen LogP) is 1.46. The topological polar surface area (TPSA) is 85.2 Å². The van der Waals surface area contributed by atoms with Gasteiger partial charge in [0.1, 0.15) is 16.4 Å². The Balaban J connectivity index is 2.89. The van der Waals surface area contributed by atoms with Crippen LogP contribution in [0.15, 0.2) is 16.3 Å². The third-order valence-corrected chi connectivity index (χ3v) is 3.33. The number of ether oxygens (including phenoxy) is 2. The first kappa shape index (κ1) is 15.6. The highest BCUT2D eigenvalue weighted by molar-refractivity contribution is 8.14. The van der Waals surface area contributed by atoms with Gasteiger partial charge in [-0.1, -0.05) is 0 Å². The fourth-order valence-electron chi connectivity index (χ4n) is 1.46. The van der Waals surface area contributed by atoms with Crippen LogP contribution in [-0.4, -0.2) is 47.1 Å². The molecule has 0 spiro atoms. The first-order chi connectivity index (χ1) is 9.01. The minimum absolute atomic E-state index is 0.0126. The summed E-state index contributed by atoms with van der Waals surface area (Å²) in [7, 11) is 0. The van der Waals surface area contributed by atoms with Gasteiger partial charge in [0.2, 0.25) is 0 Å². The summed E-state index contributed by atoms with van der Waals surface area (Å²) in [6.45, 7) is 5.26. The van der Waals surface area contributed by atoms with Crippen molar-refractivity contribution >= 4 is 28.7 Å². The molecule has 0 fully saturated rings. The SMILES string of the molecule is CCOC(=O)/C(C1=NC(C(=O)OCC)CS1)=C(\C)O. The highest BCUT2D eigenvalue weighted by Crippen LogP contribution is 2.26. The largest absolute Gasteiger partial charge is 0.512 e. The van der Waals surface area contributed by atoms with Crippen LogP contribution < -0.4 is 0 Å². The summed E-state index contributed by atoms with van der Waals surface area (Å²) >= 11 is 1.23. The van der Waals surface area contributed by atoms with Crippen LogP contribution in [0, 0.1) is 0 Å². The summed E-state index contributed by atoms with van der Waals surface area (Å²) in [5.41, 5.74) is 0.0126. The highest BCUT2D eigenvalue weighted by atomic mass is 32.2. The minimum atomic E-state index is -0.641. The van der Waals surface area contributed by atoms with Crippen molar-refractivity contribution in [1.29, 1.82) is 0 Å². The molecule has 0 saturated carbocycles. The number of esters is 2. The second-order valence-electron chi connectivity index (χ2n) is 3.69. The zero-order valence-electron chi connectivity index (χ0n) is 11.1. The van der Waals surface area contributed by atoms with E-state index >= 15 is 0 Å². The fourth-order valence-corrected chi connectivity index (χ4v) is 2.57. The minimum Gasteiger partial charge on any atom is -0.512 e. The molecule has 1 N–H and O–H groups in total. The Bertz CT molecular complexity index is 426. The molecule has 0 saturated heterocycles. The molecule has 0 amide bonds. The lowest BCUT2D eigenvalue weighted by Crippen LogP contribution is -2.21. The number of rotatable bonds is 5. The maximum Gasteiger partial charge on any atom is 0.344 e. The van der Waals surface area contributed by atoms with Crippen LogP contribution >= 0.6 is 11.8 Å². The van der Waals surface area contributed by atoms with Crippen molar-refractivity contribution in [1.82, 2.24) is 0 Å². The maximum absolute atomic E-state index is 11.7. The van der Waals surface area contributed by atoms with Crippen molar-refractivity contribution in [3.63, 3.8) is 0 Å². The third-order valence-electron chi connectivity index (χ3n) is 2.26. The summed E-state index contributed by atoms with van der Waals surface area (Å²) in [5.74, 6) is -0.846. The smallest absolute Gasteiger partial charge is 0.344 e. The second-order valence-corrected chi connectivity index (χ2v) is 4.70. The second kappa shape index (κ2) is 7.18. The Kier molecular flexibility index (Phi) is 5.88. The number of aliphatic hydroxyl groups excluding tert-OH is 1. The molecule has 0 aromatic rings. The van der Waals surface area contributed by atoms with E-state index in [1.165, 1.54) is 18.7 Å². The number of carbonyl (C=O) groups is 2. The van der Waals surface area contributed by atoms with Gasteiger partial charge in [-0.05, 0) is 20.8 Å². The van der Waals surface area contributed by atoms with Gasteiger partial charge in [-0.3, -0.25) is 4.99 Å². The van der Waals surface area contributed by atoms with Gasteiger partial charge in [0.25, 0.3) is 0 Å². The van der Waals surface area contributed by atoms with Gasteiger partial charge in [0.05, 0.1) is 13.2 Å². The molecule has 7 heteroatoms. The lowest BCUT2D eigenvalue weighted by atomic mass is 10.2. The standard InChI is InChI=1S/C12H17NO5S/c1-4-17-11(15)8-6-19-10(13-8)9(7(3)14)12(16)18-5-2/h8,14H,4-6H2,1-3H3/b9-7+. The van der Waals surface area contributed by atoms with E-state index in [4.69, 9.17) is 9.47 Å². The molecule has 1 rings (SSSR count). The number of allylic oxidation sites excluding steroid dienone is 1. The van der Waals surface area contributed by atoms with Gasteiger partial charge in [0.15, 0.2) is 6.04 Å². The van der Waals surface area contributed by atoms with Gasteiger partial charge in [0, 0.05) is 5.75 Å². The molecule has 0 bridgehead atoms. The molecule has 19 heavy (non-hydrogen) atoms. The van der Waals surface area contributed by atoms with Crippen LogP contribution in [0.25, 0.3) is 0 Å². The molecule has 1 atom stereocenters. The van der Waals surface area contributed by atoms with Crippen LogP contribution in [-0.2, 0) is 19.1 Å². The lowest BCUT2D eigenvalue weighted by Gasteiger charge is -2.07. The van der Waals surface area contributed by atoms with E-state index in [2.05, 4.69) is 4.99 Å². The van der Waals surface area contributed by atoms with Crippen molar-refractivity contribution < 1.29 is 24.2 Å². The van der Waals surface area contributed by atoms with E-state index in [0.717, 1.165) is 0 Å². The number of aliphatic imine (C=N–C) groups is 1. The quantitative estimate of drug-likeness (QED) is 0.468. The van der Waals surface area contributed by atoms with Crippen LogP contribution in [0.2, 0.25) is 0 Å². The molecule has 0 aromatic carbocycles. The van der Waals surface area contributed by atoms with Gasteiger partial charge in [-0.15, -0.1) is 11.8 Å². The van der Waals surface area contributed by atoms with Gasteiger partial charge < -0.3 is 14.6 Å². The molecule has 1 unspecified atom stereocenters. The van der Waals surface area contributed by atoms with Crippen molar-refractivity contribution in [3.05, 3.63) is 11.3 Å². The summed E-state index contributed by atoms with van der Waals surface area (Å²) in [5, 5.41) is 9.88. The highest BCUT2D eigenvalue weighted by Gasteiger charge is 2.31. The van der Waals surface area contributed by atoms with Crippen LogP contribution in [0.4, 0.5) is 0 Å². The summed E-state index contributed by atoms with van der Waals surface area (Å²) < 4.78 is 9.72. The fraction of sp³-hybridized carbons (Fsp3) is 0.583. The normalized spacial score (nSPS) is 19.5. The molecule has 106 valence electrons. The Morgan fingerprint density at radius 1 is 1.37 bits per heavy atom.